The Morgan fingerprint density at radius 3 is 2.58 bits per heavy atom. The fourth-order valence-corrected chi connectivity index (χ4v) is 3.18. The molecule has 0 bridgehead atoms. The maximum absolute atomic E-state index is 12.4. The summed E-state index contributed by atoms with van der Waals surface area (Å²) in [6.07, 6.45) is 2.80. The molecule has 0 N–H and O–H groups in total. The standard InChI is InChI=1S/C20H31NO3/c1-5-23-16-20(12-11-17-9-7-6-8-10-17)13-14-21(15-20)18(22)24-19(2,3)4/h6-10H,5,11-16H2,1-4H3/t20-/m0/s1. The van der Waals surface area contributed by atoms with Crippen LogP contribution in [0.2, 0.25) is 0 Å². The predicted molar refractivity (Wildman–Crippen MR) is 96.1 cm³/mol. The maximum atomic E-state index is 12.4. The molecule has 0 aromatic heterocycles. The van der Waals surface area contributed by atoms with E-state index in [2.05, 4.69) is 24.3 Å². The van der Waals surface area contributed by atoms with Gasteiger partial charge in [-0.05, 0) is 52.5 Å². The molecule has 0 saturated carbocycles. The molecule has 0 radical (unpaired) electrons. The first-order valence-electron chi connectivity index (χ1n) is 8.93. The van der Waals surface area contributed by atoms with Crippen molar-refractivity contribution in [1.82, 2.24) is 4.90 Å². The van der Waals surface area contributed by atoms with Crippen LogP contribution in [0.5, 0.6) is 0 Å². The van der Waals surface area contributed by atoms with E-state index >= 15 is 0 Å². The van der Waals surface area contributed by atoms with Gasteiger partial charge in [0.25, 0.3) is 0 Å². The number of likely N-dealkylation sites (tertiary alicyclic amines) is 1. The van der Waals surface area contributed by atoms with Crippen molar-refractivity contribution in [1.29, 1.82) is 0 Å². The number of amides is 1. The minimum Gasteiger partial charge on any atom is -0.444 e. The highest BCUT2D eigenvalue weighted by atomic mass is 16.6. The zero-order valence-electron chi connectivity index (χ0n) is 15.5. The predicted octanol–water partition coefficient (Wildman–Crippen LogP) is 4.28. The molecule has 1 aliphatic heterocycles. The Bertz CT molecular complexity index is 523. The Hall–Kier alpha value is -1.55. The molecule has 2 rings (SSSR count). The van der Waals surface area contributed by atoms with E-state index in [1.165, 1.54) is 5.56 Å². The number of benzene rings is 1. The number of nitrogens with zero attached hydrogens (tertiary/aromatic N) is 1. The molecule has 1 saturated heterocycles. The summed E-state index contributed by atoms with van der Waals surface area (Å²) in [5.41, 5.74) is 0.916. The Kier molecular flexibility index (Phi) is 6.27. The zero-order valence-corrected chi connectivity index (χ0v) is 15.5. The molecule has 1 amide bonds. The molecule has 0 spiro atoms. The Balaban J connectivity index is 1.99. The van der Waals surface area contributed by atoms with E-state index in [0.29, 0.717) is 13.2 Å². The van der Waals surface area contributed by atoms with Crippen molar-refractivity contribution in [2.24, 2.45) is 5.41 Å². The van der Waals surface area contributed by atoms with Crippen molar-refractivity contribution < 1.29 is 14.3 Å². The largest absolute Gasteiger partial charge is 0.444 e. The highest BCUT2D eigenvalue weighted by molar-refractivity contribution is 5.68. The van der Waals surface area contributed by atoms with Gasteiger partial charge in [0.05, 0.1) is 6.61 Å². The van der Waals surface area contributed by atoms with Gasteiger partial charge in [-0.15, -0.1) is 0 Å². The van der Waals surface area contributed by atoms with Gasteiger partial charge in [0, 0.05) is 25.1 Å². The van der Waals surface area contributed by atoms with Crippen molar-refractivity contribution >= 4 is 6.09 Å². The molecule has 134 valence electrons. The third kappa shape index (κ3) is 5.52. The van der Waals surface area contributed by atoms with E-state index in [9.17, 15) is 4.79 Å². The number of hydrogen-bond acceptors (Lipinski definition) is 3. The molecule has 1 aromatic rings. The van der Waals surface area contributed by atoms with E-state index in [4.69, 9.17) is 9.47 Å². The van der Waals surface area contributed by atoms with E-state index in [1.807, 2.05) is 38.7 Å². The van der Waals surface area contributed by atoms with Crippen LogP contribution in [0.3, 0.4) is 0 Å². The highest BCUT2D eigenvalue weighted by Gasteiger charge is 2.41. The average Bonchev–Trinajstić information content (AvgIpc) is 2.96. The van der Waals surface area contributed by atoms with E-state index in [1.54, 1.807) is 0 Å². The number of carbonyl (C=O) groups is 1. The van der Waals surface area contributed by atoms with Gasteiger partial charge in [-0.25, -0.2) is 4.79 Å². The minimum absolute atomic E-state index is 0.0305. The van der Waals surface area contributed by atoms with Crippen LogP contribution >= 0.6 is 0 Å². The highest BCUT2D eigenvalue weighted by Crippen LogP contribution is 2.36. The SMILES string of the molecule is CCOC[C@@]1(CCc2ccccc2)CCN(C(=O)OC(C)(C)C)C1. The molecule has 0 aliphatic carbocycles. The number of aryl methyl sites for hydroxylation is 1. The lowest BCUT2D eigenvalue weighted by atomic mass is 9.82. The second-order valence-corrected chi connectivity index (χ2v) is 7.77. The molecule has 4 heteroatoms. The lowest BCUT2D eigenvalue weighted by Crippen LogP contribution is -2.38. The quantitative estimate of drug-likeness (QED) is 0.780. The van der Waals surface area contributed by atoms with Gasteiger partial charge in [0.1, 0.15) is 5.60 Å². The molecule has 1 aromatic carbocycles. The van der Waals surface area contributed by atoms with Gasteiger partial charge in [-0.2, -0.15) is 0 Å². The van der Waals surface area contributed by atoms with E-state index in [-0.39, 0.29) is 11.5 Å². The van der Waals surface area contributed by atoms with Gasteiger partial charge >= 0.3 is 6.09 Å². The summed E-state index contributed by atoms with van der Waals surface area (Å²) < 4.78 is 11.3. The van der Waals surface area contributed by atoms with Gasteiger partial charge in [-0.3, -0.25) is 0 Å². The molecule has 4 nitrogen and oxygen atoms in total. The Labute approximate surface area is 146 Å². The summed E-state index contributed by atoms with van der Waals surface area (Å²) in [6.45, 7) is 10.6. The van der Waals surface area contributed by atoms with Crippen molar-refractivity contribution in [2.75, 3.05) is 26.3 Å². The number of hydrogen-bond donors (Lipinski definition) is 0. The monoisotopic (exact) mass is 333 g/mol. The second kappa shape index (κ2) is 8.02. The molecule has 24 heavy (non-hydrogen) atoms. The smallest absolute Gasteiger partial charge is 0.410 e. The second-order valence-electron chi connectivity index (χ2n) is 7.77. The molecule has 1 aliphatic rings. The van der Waals surface area contributed by atoms with Crippen molar-refractivity contribution in [2.45, 2.75) is 52.6 Å². The van der Waals surface area contributed by atoms with Crippen LogP contribution in [-0.2, 0) is 15.9 Å². The lowest BCUT2D eigenvalue weighted by Gasteiger charge is -2.30. The summed E-state index contributed by atoms with van der Waals surface area (Å²) >= 11 is 0. The van der Waals surface area contributed by atoms with E-state index < -0.39 is 5.60 Å². The number of rotatable bonds is 6. The van der Waals surface area contributed by atoms with Crippen LogP contribution in [0.25, 0.3) is 0 Å². The molecule has 1 heterocycles. The molecular weight excluding hydrogens is 302 g/mol. The van der Waals surface area contributed by atoms with Gasteiger partial charge in [-0.1, -0.05) is 30.3 Å². The third-order valence-corrected chi connectivity index (χ3v) is 4.49. The molecular formula is C20H31NO3. The van der Waals surface area contributed by atoms with Crippen LogP contribution in [0.4, 0.5) is 4.79 Å². The number of ether oxygens (including phenoxy) is 2. The normalized spacial score (nSPS) is 21.1. The van der Waals surface area contributed by atoms with Crippen molar-refractivity contribution in [3.63, 3.8) is 0 Å². The van der Waals surface area contributed by atoms with Crippen LogP contribution in [0, 0.1) is 5.41 Å². The van der Waals surface area contributed by atoms with Gasteiger partial charge < -0.3 is 14.4 Å². The van der Waals surface area contributed by atoms with Crippen LogP contribution < -0.4 is 0 Å². The van der Waals surface area contributed by atoms with Gasteiger partial charge in [0.2, 0.25) is 0 Å². The fourth-order valence-electron chi connectivity index (χ4n) is 3.18. The number of carbonyl (C=O) groups excluding carboxylic acids is 1. The fraction of sp³-hybridized carbons (Fsp3) is 0.650. The van der Waals surface area contributed by atoms with Crippen LogP contribution in [0.15, 0.2) is 30.3 Å². The van der Waals surface area contributed by atoms with Crippen LogP contribution in [0.1, 0.15) is 46.1 Å². The van der Waals surface area contributed by atoms with Crippen molar-refractivity contribution in [3.8, 4) is 0 Å². The Morgan fingerprint density at radius 2 is 1.96 bits per heavy atom. The summed E-state index contributed by atoms with van der Waals surface area (Å²) in [5.74, 6) is 0. The molecule has 1 atom stereocenters. The van der Waals surface area contributed by atoms with Crippen molar-refractivity contribution in [3.05, 3.63) is 35.9 Å². The molecule has 1 fully saturated rings. The summed E-state index contributed by atoms with van der Waals surface area (Å²) in [6, 6.07) is 10.5. The summed E-state index contributed by atoms with van der Waals surface area (Å²) in [4.78, 5) is 14.2. The topological polar surface area (TPSA) is 38.8 Å². The van der Waals surface area contributed by atoms with Gasteiger partial charge in [0.15, 0.2) is 0 Å². The van der Waals surface area contributed by atoms with Crippen LogP contribution in [-0.4, -0.2) is 42.9 Å². The first kappa shape index (κ1) is 18.8. The Morgan fingerprint density at radius 1 is 1.25 bits per heavy atom. The summed E-state index contributed by atoms with van der Waals surface area (Å²) in [7, 11) is 0. The lowest BCUT2D eigenvalue weighted by molar-refractivity contribution is 0.0196. The zero-order chi connectivity index (χ0) is 17.6. The average molecular weight is 333 g/mol. The first-order valence-corrected chi connectivity index (χ1v) is 8.93. The van der Waals surface area contributed by atoms with E-state index in [0.717, 1.165) is 32.4 Å². The maximum Gasteiger partial charge on any atom is 0.410 e. The minimum atomic E-state index is -0.452. The first-order chi connectivity index (χ1) is 11.3. The molecule has 0 unspecified atom stereocenters. The third-order valence-electron chi connectivity index (χ3n) is 4.49. The summed E-state index contributed by atoms with van der Waals surface area (Å²) in [5, 5.41) is 0.